The van der Waals surface area contributed by atoms with E-state index < -0.39 is 0 Å². The van der Waals surface area contributed by atoms with Crippen LogP contribution in [0.2, 0.25) is 0 Å². The molecule has 1 aromatic heterocycles. The lowest BCUT2D eigenvalue weighted by atomic mass is 10.1. The van der Waals surface area contributed by atoms with E-state index in [0.29, 0.717) is 5.69 Å². The van der Waals surface area contributed by atoms with Gasteiger partial charge in [0.15, 0.2) is 0 Å². The maximum atomic E-state index is 12.1. The summed E-state index contributed by atoms with van der Waals surface area (Å²) in [5, 5.41) is 16.7. The van der Waals surface area contributed by atoms with Crippen LogP contribution in [0, 0.1) is 0 Å². The molecule has 0 radical (unpaired) electrons. The lowest BCUT2D eigenvalue weighted by Gasteiger charge is -2.15. The summed E-state index contributed by atoms with van der Waals surface area (Å²) in [6.45, 7) is 1.94. The molecule has 2 amide bonds. The van der Waals surface area contributed by atoms with Gasteiger partial charge in [-0.2, -0.15) is 0 Å². The van der Waals surface area contributed by atoms with E-state index in [-0.39, 0.29) is 12.1 Å². The average Bonchev–Trinajstić information content (AvgIpc) is 3.11. The zero-order valence-corrected chi connectivity index (χ0v) is 12.5. The highest BCUT2D eigenvalue weighted by Gasteiger charge is 2.09. The van der Waals surface area contributed by atoms with Crippen molar-refractivity contribution in [1.29, 1.82) is 0 Å². The normalized spacial score (nSPS) is 11.7. The van der Waals surface area contributed by atoms with Crippen molar-refractivity contribution in [2.24, 2.45) is 0 Å². The number of urea groups is 1. The van der Waals surface area contributed by atoms with Crippen molar-refractivity contribution in [3.63, 3.8) is 0 Å². The van der Waals surface area contributed by atoms with E-state index in [1.807, 2.05) is 49.4 Å². The minimum absolute atomic E-state index is 0.0725. The molecule has 7 heteroatoms. The van der Waals surface area contributed by atoms with Crippen LogP contribution in [0.1, 0.15) is 18.5 Å². The fourth-order valence-electron chi connectivity index (χ4n) is 2.17. The smallest absolute Gasteiger partial charge is 0.319 e. The second-order valence-electron chi connectivity index (χ2n) is 5.03. The molecular formula is C16H16N6O. The van der Waals surface area contributed by atoms with Gasteiger partial charge in [0.2, 0.25) is 0 Å². The molecule has 0 unspecified atom stereocenters. The van der Waals surface area contributed by atoms with Crippen molar-refractivity contribution in [1.82, 2.24) is 25.5 Å². The second-order valence-corrected chi connectivity index (χ2v) is 5.03. The van der Waals surface area contributed by atoms with E-state index in [1.54, 1.807) is 16.8 Å². The number of carbonyl (C=O) groups excluding carboxylic acids is 1. The summed E-state index contributed by atoms with van der Waals surface area (Å²) in [4.78, 5) is 12.1. The Bertz CT molecular complexity index is 755. The molecule has 1 atom stereocenters. The Morgan fingerprint density at radius 1 is 1.09 bits per heavy atom. The monoisotopic (exact) mass is 308 g/mol. The van der Waals surface area contributed by atoms with Gasteiger partial charge < -0.3 is 10.6 Å². The van der Waals surface area contributed by atoms with Crippen LogP contribution in [0.25, 0.3) is 5.69 Å². The van der Waals surface area contributed by atoms with Crippen molar-refractivity contribution in [3.05, 3.63) is 66.5 Å². The van der Waals surface area contributed by atoms with Gasteiger partial charge in [0.25, 0.3) is 0 Å². The van der Waals surface area contributed by atoms with E-state index in [0.717, 1.165) is 11.3 Å². The van der Waals surface area contributed by atoms with Crippen LogP contribution in [-0.4, -0.2) is 26.2 Å². The summed E-state index contributed by atoms with van der Waals surface area (Å²) in [5.41, 5.74) is 2.56. The van der Waals surface area contributed by atoms with Crippen LogP contribution < -0.4 is 10.6 Å². The molecule has 7 nitrogen and oxygen atoms in total. The molecule has 3 aromatic rings. The van der Waals surface area contributed by atoms with Gasteiger partial charge in [0.05, 0.1) is 11.7 Å². The largest absolute Gasteiger partial charge is 0.331 e. The molecule has 0 fully saturated rings. The Labute approximate surface area is 133 Å². The van der Waals surface area contributed by atoms with Gasteiger partial charge in [-0.15, -0.1) is 5.10 Å². The van der Waals surface area contributed by atoms with Crippen LogP contribution in [0.5, 0.6) is 0 Å². The Morgan fingerprint density at radius 2 is 1.83 bits per heavy atom. The first-order valence-corrected chi connectivity index (χ1v) is 7.18. The lowest BCUT2D eigenvalue weighted by Crippen LogP contribution is -2.31. The predicted molar refractivity (Wildman–Crippen MR) is 86.2 cm³/mol. The molecule has 2 N–H and O–H groups in total. The molecule has 0 aliphatic carbocycles. The van der Waals surface area contributed by atoms with Crippen molar-refractivity contribution in [3.8, 4) is 5.69 Å². The third-order valence-electron chi connectivity index (χ3n) is 3.39. The number of hydrogen-bond acceptors (Lipinski definition) is 4. The maximum Gasteiger partial charge on any atom is 0.319 e. The molecular weight excluding hydrogens is 292 g/mol. The average molecular weight is 308 g/mol. The highest BCUT2D eigenvalue weighted by atomic mass is 16.2. The Kier molecular flexibility index (Phi) is 4.28. The van der Waals surface area contributed by atoms with E-state index in [1.165, 1.54) is 6.33 Å². The molecule has 0 aliphatic rings. The fourth-order valence-corrected chi connectivity index (χ4v) is 2.17. The Hall–Kier alpha value is -3.22. The van der Waals surface area contributed by atoms with Gasteiger partial charge in [-0.3, -0.25) is 0 Å². The number of hydrogen-bond donors (Lipinski definition) is 2. The molecule has 1 heterocycles. The van der Waals surface area contributed by atoms with Gasteiger partial charge in [0, 0.05) is 5.69 Å². The molecule has 3 rings (SSSR count). The van der Waals surface area contributed by atoms with Crippen LogP contribution >= 0.6 is 0 Å². The predicted octanol–water partition coefficient (Wildman–Crippen LogP) is 2.55. The Balaban J connectivity index is 1.60. The van der Waals surface area contributed by atoms with Gasteiger partial charge in [-0.1, -0.05) is 30.3 Å². The van der Waals surface area contributed by atoms with E-state index >= 15 is 0 Å². The molecule has 2 aromatic carbocycles. The third-order valence-corrected chi connectivity index (χ3v) is 3.39. The van der Waals surface area contributed by atoms with Crippen molar-refractivity contribution in [2.45, 2.75) is 13.0 Å². The van der Waals surface area contributed by atoms with Crippen molar-refractivity contribution >= 4 is 11.7 Å². The maximum absolute atomic E-state index is 12.1. The van der Waals surface area contributed by atoms with Crippen LogP contribution in [0.15, 0.2) is 60.9 Å². The topological polar surface area (TPSA) is 84.7 Å². The number of carbonyl (C=O) groups is 1. The first-order chi connectivity index (χ1) is 11.2. The number of anilines is 1. The molecule has 0 saturated carbocycles. The number of rotatable bonds is 4. The molecule has 0 bridgehead atoms. The fraction of sp³-hybridized carbons (Fsp3) is 0.125. The molecule has 0 aliphatic heterocycles. The minimum Gasteiger partial charge on any atom is -0.331 e. The summed E-state index contributed by atoms with van der Waals surface area (Å²) >= 11 is 0. The number of nitrogens with one attached hydrogen (secondary N) is 2. The molecule has 23 heavy (non-hydrogen) atoms. The Morgan fingerprint density at radius 3 is 2.48 bits per heavy atom. The summed E-state index contributed by atoms with van der Waals surface area (Å²) in [6.07, 6.45) is 1.51. The summed E-state index contributed by atoms with van der Waals surface area (Å²) in [5.74, 6) is 0. The van der Waals surface area contributed by atoms with E-state index in [2.05, 4.69) is 26.2 Å². The number of benzene rings is 2. The first-order valence-electron chi connectivity index (χ1n) is 7.18. The van der Waals surface area contributed by atoms with Crippen LogP contribution in [0.4, 0.5) is 10.5 Å². The quantitative estimate of drug-likeness (QED) is 0.775. The van der Waals surface area contributed by atoms with Crippen molar-refractivity contribution in [2.75, 3.05) is 5.32 Å². The van der Waals surface area contributed by atoms with Crippen LogP contribution in [0.3, 0.4) is 0 Å². The van der Waals surface area contributed by atoms with Gasteiger partial charge in [-0.05, 0) is 47.2 Å². The minimum atomic E-state index is -0.253. The third kappa shape index (κ3) is 3.70. The zero-order chi connectivity index (χ0) is 16.1. The summed E-state index contributed by atoms with van der Waals surface area (Å²) < 4.78 is 1.54. The number of nitrogens with zero attached hydrogens (tertiary/aromatic N) is 4. The number of amides is 2. The summed E-state index contributed by atoms with van der Waals surface area (Å²) in [7, 11) is 0. The molecule has 0 spiro atoms. The standard InChI is InChI=1S/C16H16N6O/c1-12(13-5-3-2-4-6-13)18-16(23)19-14-7-9-15(10-8-14)22-11-17-20-21-22/h2-12H,1H3,(H2,18,19,23)/t12-/m1/s1. The SMILES string of the molecule is C[C@@H](NC(=O)Nc1ccc(-n2cnnn2)cc1)c1ccccc1. The van der Waals surface area contributed by atoms with E-state index in [9.17, 15) is 4.79 Å². The van der Waals surface area contributed by atoms with E-state index in [4.69, 9.17) is 0 Å². The second kappa shape index (κ2) is 6.69. The molecule has 116 valence electrons. The highest BCUT2D eigenvalue weighted by molar-refractivity contribution is 5.89. The van der Waals surface area contributed by atoms with Gasteiger partial charge in [0.1, 0.15) is 6.33 Å². The van der Waals surface area contributed by atoms with Gasteiger partial charge >= 0.3 is 6.03 Å². The first kappa shape index (κ1) is 14.7. The molecule has 0 saturated heterocycles. The zero-order valence-electron chi connectivity index (χ0n) is 12.5. The highest BCUT2D eigenvalue weighted by Crippen LogP contribution is 2.14. The van der Waals surface area contributed by atoms with Gasteiger partial charge in [-0.25, -0.2) is 9.48 Å². The number of tetrazole rings is 1. The summed E-state index contributed by atoms with van der Waals surface area (Å²) in [6, 6.07) is 16.7. The van der Waals surface area contributed by atoms with Crippen LogP contribution in [-0.2, 0) is 0 Å². The lowest BCUT2D eigenvalue weighted by molar-refractivity contribution is 0.249. The number of aromatic nitrogens is 4. The van der Waals surface area contributed by atoms with Crippen molar-refractivity contribution < 1.29 is 4.79 Å².